The summed E-state index contributed by atoms with van der Waals surface area (Å²) in [5.41, 5.74) is 0.229. The molecule has 0 aromatic heterocycles. The molecule has 1 aromatic rings. The van der Waals surface area contributed by atoms with Gasteiger partial charge in [-0.15, -0.1) is 6.42 Å². The standard InChI is InChI=1S/C17H20N2O6S/c1-3-7-18-26(22,23)15-6-4-5-13(10-15)17(21)19-8-9-25-14(12-19)11-16(20)24-2/h1,4-6,10,14,18H,7-9,11-12H2,2H3. The zero-order chi connectivity index (χ0) is 19.2. The molecule has 140 valence electrons. The molecule has 9 heteroatoms. The number of benzene rings is 1. The summed E-state index contributed by atoms with van der Waals surface area (Å²) in [7, 11) is -2.50. The summed E-state index contributed by atoms with van der Waals surface area (Å²) >= 11 is 0. The van der Waals surface area contributed by atoms with Gasteiger partial charge in [0, 0.05) is 18.7 Å². The molecular formula is C17H20N2O6S. The van der Waals surface area contributed by atoms with Crippen LogP contribution in [0.5, 0.6) is 0 Å². The van der Waals surface area contributed by atoms with Crippen LogP contribution in [-0.2, 0) is 24.3 Å². The van der Waals surface area contributed by atoms with Crippen molar-refractivity contribution in [2.45, 2.75) is 17.4 Å². The lowest BCUT2D eigenvalue weighted by Crippen LogP contribution is -2.46. The van der Waals surface area contributed by atoms with Crippen molar-refractivity contribution in [2.24, 2.45) is 0 Å². The molecule has 8 nitrogen and oxygen atoms in total. The van der Waals surface area contributed by atoms with Crippen LogP contribution >= 0.6 is 0 Å². The largest absolute Gasteiger partial charge is 0.469 e. The molecule has 1 aliphatic heterocycles. The van der Waals surface area contributed by atoms with Gasteiger partial charge in [0.15, 0.2) is 0 Å². The van der Waals surface area contributed by atoms with Gasteiger partial charge < -0.3 is 14.4 Å². The predicted molar refractivity (Wildman–Crippen MR) is 92.7 cm³/mol. The molecule has 1 fully saturated rings. The van der Waals surface area contributed by atoms with E-state index in [-0.39, 0.29) is 42.5 Å². The van der Waals surface area contributed by atoms with E-state index in [0.29, 0.717) is 6.54 Å². The Hall–Kier alpha value is -2.41. The second kappa shape index (κ2) is 8.80. The average Bonchev–Trinajstić information content (AvgIpc) is 2.66. The van der Waals surface area contributed by atoms with Gasteiger partial charge in [0.05, 0.1) is 37.7 Å². The maximum atomic E-state index is 12.7. The Bertz CT molecular complexity index is 815. The number of hydrogen-bond acceptors (Lipinski definition) is 6. The van der Waals surface area contributed by atoms with E-state index in [1.165, 1.54) is 36.3 Å². The summed E-state index contributed by atoms with van der Waals surface area (Å²) in [5, 5.41) is 0. The average molecular weight is 380 g/mol. The van der Waals surface area contributed by atoms with Crippen LogP contribution in [0.1, 0.15) is 16.8 Å². The van der Waals surface area contributed by atoms with E-state index in [9.17, 15) is 18.0 Å². The monoisotopic (exact) mass is 380 g/mol. The molecule has 0 bridgehead atoms. The fourth-order valence-electron chi connectivity index (χ4n) is 2.50. The van der Waals surface area contributed by atoms with Gasteiger partial charge in [0.1, 0.15) is 0 Å². The third-order valence-electron chi connectivity index (χ3n) is 3.80. The van der Waals surface area contributed by atoms with E-state index < -0.39 is 22.1 Å². The summed E-state index contributed by atoms with van der Waals surface area (Å²) < 4.78 is 36.6. The van der Waals surface area contributed by atoms with Crippen molar-refractivity contribution in [3.63, 3.8) is 0 Å². The first-order valence-corrected chi connectivity index (χ1v) is 9.36. The van der Waals surface area contributed by atoms with Crippen molar-refractivity contribution in [1.29, 1.82) is 0 Å². The lowest BCUT2D eigenvalue weighted by Gasteiger charge is -2.32. The number of nitrogens with one attached hydrogen (secondary N) is 1. The van der Waals surface area contributed by atoms with Crippen molar-refractivity contribution in [2.75, 3.05) is 33.4 Å². The van der Waals surface area contributed by atoms with Crippen molar-refractivity contribution in [3.8, 4) is 12.3 Å². The molecule has 1 N–H and O–H groups in total. The lowest BCUT2D eigenvalue weighted by atomic mass is 10.1. The van der Waals surface area contributed by atoms with Crippen LogP contribution in [0.3, 0.4) is 0 Å². The summed E-state index contributed by atoms with van der Waals surface area (Å²) in [6.07, 6.45) is 4.66. The maximum absolute atomic E-state index is 12.7. The van der Waals surface area contributed by atoms with Crippen LogP contribution in [-0.4, -0.2) is 64.6 Å². The first-order valence-electron chi connectivity index (χ1n) is 7.88. The van der Waals surface area contributed by atoms with Gasteiger partial charge in [-0.25, -0.2) is 8.42 Å². The molecule has 1 atom stereocenters. The summed E-state index contributed by atoms with van der Waals surface area (Å²) in [4.78, 5) is 25.6. The van der Waals surface area contributed by atoms with E-state index in [0.717, 1.165) is 0 Å². The Balaban J connectivity index is 2.13. The second-order valence-electron chi connectivity index (χ2n) is 5.58. The number of ether oxygens (including phenoxy) is 2. The number of rotatable bonds is 6. The van der Waals surface area contributed by atoms with Gasteiger partial charge in [-0.2, -0.15) is 4.72 Å². The molecule has 1 aliphatic rings. The van der Waals surface area contributed by atoms with Crippen LogP contribution < -0.4 is 4.72 Å². The van der Waals surface area contributed by atoms with E-state index in [2.05, 4.69) is 15.4 Å². The van der Waals surface area contributed by atoms with Gasteiger partial charge in [0.25, 0.3) is 5.91 Å². The summed E-state index contributed by atoms with van der Waals surface area (Å²) in [6, 6.07) is 5.71. The molecule has 26 heavy (non-hydrogen) atoms. The number of amides is 1. The minimum absolute atomic E-state index is 0.0435. The van der Waals surface area contributed by atoms with E-state index in [1.807, 2.05) is 0 Å². The fraction of sp³-hybridized carbons (Fsp3) is 0.412. The smallest absolute Gasteiger partial charge is 0.308 e. The first-order chi connectivity index (χ1) is 12.4. The van der Waals surface area contributed by atoms with E-state index in [4.69, 9.17) is 11.2 Å². The van der Waals surface area contributed by atoms with E-state index >= 15 is 0 Å². The highest BCUT2D eigenvalue weighted by Crippen LogP contribution is 2.16. The SMILES string of the molecule is C#CCNS(=O)(=O)c1cccc(C(=O)N2CCOC(CC(=O)OC)C2)c1. The number of carbonyl (C=O) groups excluding carboxylic acids is 2. The van der Waals surface area contributed by atoms with Gasteiger partial charge in [-0.05, 0) is 18.2 Å². The molecule has 0 aliphatic carbocycles. The van der Waals surface area contributed by atoms with Gasteiger partial charge >= 0.3 is 5.97 Å². The van der Waals surface area contributed by atoms with Gasteiger partial charge in [-0.1, -0.05) is 12.0 Å². The van der Waals surface area contributed by atoms with Gasteiger partial charge in [-0.3, -0.25) is 9.59 Å². The van der Waals surface area contributed by atoms with Crippen LogP contribution in [0.2, 0.25) is 0 Å². The summed E-state index contributed by atoms with van der Waals surface area (Å²) in [5.74, 6) is 1.44. The molecule has 1 aromatic carbocycles. The molecule has 0 spiro atoms. The van der Waals surface area contributed by atoms with E-state index in [1.54, 1.807) is 0 Å². The number of esters is 1. The molecule has 2 rings (SSSR count). The van der Waals surface area contributed by atoms with Crippen molar-refractivity contribution >= 4 is 21.9 Å². The first kappa shape index (κ1) is 19.9. The third kappa shape index (κ3) is 5.05. The number of hydrogen-bond donors (Lipinski definition) is 1. The number of carbonyl (C=O) groups is 2. The number of terminal acetylenes is 1. The maximum Gasteiger partial charge on any atom is 0.308 e. The van der Waals surface area contributed by atoms with Gasteiger partial charge in [0.2, 0.25) is 10.0 Å². The number of sulfonamides is 1. The fourth-order valence-corrected chi connectivity index (χ4v) is 3.48. The molecule has 0 saturated carbocycles. The van der Waals surface area contributed by atoms with Crippen LogP contribution in [0, 0.1) is 12.3 Å². The Kier molecular flexibility index (Phi) is 6.74. The molecule has 1 saturated heterocycles. The minimum atomic E-state index is -3.79. The molecule has 0 radical (unpaired) electrons. The van der Waals surface area contributed by atoms with Crippen molar-refractivity contribution in [3.05, 3.63) is 29.8 Å². The lowest BCUT2D eigenvalue weighted by molar-refractivity contribution is -0.145. The highest BCUT2D eigenvalue weighted by molar-refractivity contribution is 7.89. The third-order valence-corrected chi connectivity index (χ3v) is 5.20. The Morgan fingerprint density at radius 2 is 2.23 bits per heavy atom. The van der Waals surface area contributed by atoms with Crippen LogP contribution in [0.15, 0.2) is 29.2 Å². The topological polar surface area (TPSA) is 102 Å². The number of nitrogens with zero attached hydrogens (tertiary/aromatic N) is 1. The normalized spacial score (nSPS) is 17.4. The minimum Gasteiger partial charge on any atom is -0.469 e. The molecule has 1 amide bonds. The van der Waals surface area contributed by atoms with Crippen molar-refractivity contribution in [1.82, 2.24) is 9.62 Å². The van der Waals surface area contributed by atoms with Crippen molar-refractivity contribution < 1.29 is 27.5 Å². The zero-order valence-corrected chi connectivity index (χ0v) is 15.1. The highest BCUT2D eigenvalue weighted by atomic mass is 32.2. The predicted octanol–water partition coefficient (Wildman–Crippen LogP) is 0.00220. The van der Waals surface area contributed by atoms with Crippen LogP contribution in [0.25, 0.3) is 0 Å². The number of methoxy groups -OCH3 is 1. The molecular weight excluding hydrogens is 360 g/mol. The zero-order valence-electron chi connectivity index (χ0n) is 14.3. The molecule has 1 heterocycles. The Labute approximate surface area is 152 Å². The molecule has 1 unspecified atom stereocenters. The second-order valence-corrected chi connectivity index (χ2v) is 7.35. The highest BCUT2D eigenvalue weighted by Gasteiger charge is 2.27. The Morgan fingerprint density at radius 1 is 1.46 bits per heavy atom. The Morgan fingerprint density at radius 3 is 2.92 bits per heavy atom. The van der Waals surface area contributed by atoms with Crippen LogP contribution in [0.4, 0.5) is 0 Å². The quantitative estimate of drug-likeness (QED) is 0.551. The number of morpholine rings is 1. The summed E-state index contributed by atoms with van der Waals surface area (Å²) in [6.45, 7) is 0.720.